The summed E-state index contributed by atoms with van der Waals surface area (Å²) >= 11 is 0. The Morgan fingerprint density at radius 1 is 1.13 bits per heavy atom. The number of nitro benzene ring substituents is 1. The summed E-state index contributed by atoms with van der Waals surface area (Å²) in [6.07, 6.45) is 0. The highest BCUT2D eigenvalue weighted by atomic mass is 16.6. The minimum Gasteiger partial charge on any atom is -0.379 e. The van der Waals surface area contributed by atoms with Gasteiger partial charge in [-0.3, -0.25) is 19.9 Å². The molecule has 1 fully saturated rings. The lowest BCUT2D eigenvalue weighted by atomic mass is 10.2. The average Bonchev–Trinajstić information content (AvgIpc) is 2.75. The smallest absolute Gasteiger partial charge is 0.269 e. The molecule has 0 atom stereocenters. The second-order valence-corrected chi connectivity index (χ2v) is 8.32. The van der Waals surface area contributed by atoms with Crippen molar-refractivity contribution in [3.05, 3.63) is 39.9 Å². The van der Waals surface area contributed by atoms with Crippen LogP contribution in [0.15, 0.2) is 29.3 Å². The van der Waals surface area contributed by atoms with Crippen molar-refractivity contribution in [1.82, 2.24) is 20.4 Å². The zero-order valence-corrected chi connectivity index (χ0v) is 19.3. The molecule has 9 nitrogen and oxygen atoms in total. The fraction of sp³-hybridized carbons (Fsp3) is 0.682. The van der Waals surface area contributed by atoms with Crippen molar-refractivity contribution in [2.24, 2.45) is 4.99 Å². The van der Waals surface area contributed by atoms with E-state index in [0.717, 1.165) is 64.0 Å². The van der Waals surface area contributed by atoms with Gasteiger partial charge in [-0.25, -0.2) is 4.99 Å². The highest BCUT2D eigenvalue weighted by Gasteiger charge is 2.13. The highest BCUT2D eigenvalue weighted by Crippen LogP contribution is 2.12. The van der Waals surface area contributed by atoms with E-state index in [2.05, 4.69) is 48.1 Å². The number of benzene rings is 1. The molecule has 9 heteroatoms. The number of nitrogens with one attached hydrogen (secondary N) is 2. The standard InChI is InChI=1S/C22H38N6O3/c1-18(2)27(19(3)4)12-10-24-22(23-9-11-26-13-15-31-16-14-26)25-17-20-5-7-21(8-6-20)28(29)30/h5-8,18-19H,9-17H2,1-4H3,(H2,23,24,25). The Hall–Kier alpha value is -2.23. The molecule has 31 heavy (non-hydrogen) atoms. The summed E-state index contributed by atoms with van der Waals surface area (Å²) in [5, 5.41) is 17.7. The number of ether oxygens (including phenoxy) is 1. The van der Waals surface area contributed by atoms with Crippen molar-refractivity contribution in [3.8, 4) is 0 Å². The van der Waals surface area contributed by atoms with E-state index in [1.54, 1.807) is 12.1 Å². The van der Waals surface area contributed by atoms with Gasteiger partial charge >= 0.3 is 0 Å². The first kappa shape index (κ1) is 25.0. The molecule has 1 aromatic carbocycles. The van der Waals surface area contributed by atoms with E-state index in [-0.39, 0.29) is 10.6 Å². The quantitative estimate of drug-likeness (QED) is 0.238. The van der Waals surface area contributed by atoms with Crippen LogP contribution in [0.1, 0.15) is 33.3 Å². The second kappa shape index (κ2) is 13.2. The Balaban J connectivity index is 1.92. The summed E-state index contributed by atoms with van der Waals surface area (Å²) < 4.78 is 5.41. The number of nitrogens with zero attached hydrogens (tertiary/aromatic N) is 4. The van der Waals surface area contributed by atoms with Crippen LogP contribution in [0, 0.1) is 10.1 Å². The molecule has 1 heterocycles. The van der Waals surface area contributed by atoms with E-state index in [0.29, 0.717) is 18.6 Å². The largest absolute Gasteiger partial charge is 0.379 e. The Labute approximate surface area is 186 Å². The normalized spacial score (nSPS) is 15.6. The number of hydrogen-bond donors (Lipinski definition) is 2. The molecule has 0 aromatic heterocycles. The molecule has 0 bridgehead atoms. The predicted octanol–water partition coefficient (Wildman–Crippen LogP) is 2.08. The summed E-state index contributed by atoms with van der Waals surface area (Å²) in [6.45, 7) is 16.3. The van der Waals surface area contributed by atoms with E-state index >= 15 is 0 Å². The number of guanidine groups is 1. The molecule has 0 aliphatic carbocycles. The molecular weight excluding hydrogens is 396 g/mol. The molecular formula is C22H38N6O3. The minimum absolute atomic E-state index is 0.0946. The molecule has 1 aliphatic heterocycles. The fourth-order valence-electron chi connectivity index (χ4n) is 3.64. The summed E-state index contributed by atoms with van der Waals surface area (Å²) in [4.78, 5) is 20.0. The van der Waals surface area contributed by atoms with Crippen molar-refractivity contribution in [2.75, 3.05) is 52.5 Å². The molecule has 1 aliphatic rings. The zero-order chi connectivity index (χ0) is 22.6. The van der Waals surface area contributed by atoms with Crippen molar-refractivity contribution in [2.45, 2.75) is 46.3 Å². The maximum atomic E-state index is 10.8. The molecule has 0 radical (unpaired) electrons. The number of nitro groups is 1. The van der Waals surface area contributed by atoms with Crippen molar-refractivity contribution < 1.29 is 9.66 Å². The first-order valence-corrected chi connectivity index (χ1v) is 11.2. The van der Waals surface area contributed by atoms with Crippen LogP contribution in [0.3, 0.4) is 0 Å². The number of rotatable bonds is 11. The third-order valence-electron chi connectivity index (χ3n) is 5.38. The third-order valence-corrected chi connectivity index (χ3v) is 5.38. The number of non-ortho nitro benzene ring substituents is 1. The molecule has 174 valence electrons. The molecule has 0 unspecified atom stereocenters. The van der Waals surface area contributed by atoms with Gasteiger partial charge in [0.1, 0.15) is 0 Å². The molecule has 0 saturated carbocycles. The highest BCUT2D eigenvalue weighted by molar-refractivity contribution is 5.79. The van der Waals surface area contributed by atoms with Gasteiger partial charge < -0.3 is 15.4 Å². The van der Waals surface area contributed by atoms with Crippen LogP contribution >= 0.6 is 0 Å². The second-order valence-electron chi connectivity index (χ2n) is 8.32. The van der Waals surface area contributed by atoms with Crippen molar-refractivity contribution in [3.63, 3.8) is 0 Å². The van der Waals surface area contributed by atoms with Crippen LogP contribution in [0.4, 0.5) is 5.69 Å². The summed E-state index contributed by atoms with van der Waals surface area (Å²) in [5.74, 6) is 0.763. The van der Waals surface area contributed by atoms with Crippen LogP contribution in [-0.4, -0.2) is 85.2 Å². The van der Waals surface area contributed by atoms with E-state index in [4.69, 9.17) is 9.73 Å². The van der Waals surface area contributed by atoms with Crippen molar-refractivity contribution in [1.29, 1.82) is 0 Å². The maximum absolute atomic E-state index is 10.8. The van der Waals surface area contributed by atoms with Crippen LogP contribution in [0.5, 0.6) is 0 Å². The van der Waals surface area contributed by atoms with Gasteiger partial charge in [-0.2, -0.15) is 0 Å². The molecule has 0 amide bonds. The predicted molar refractivity (Wildman–Crippen MR) is 124 cm³/mol. The molecule has 2 rings (SSSR count). The van der Waals surface area contributed by atoms with Gasteiger partial charge in [-0.05, 0) is 33.3 Å². The van der Waals surface area contributed by atoms with E-state index in [9.17, 15) is 10.1 Å². The topological polar surface area (TPSA) is 95.3 Å². The molecule has 1 saturated heterocycles. The lowest BCUT2D eigenvalue weighted by molar-refractivity contribution is -0.384. The first-order chi connectivity index (χ1) is 14.9. The third kappa shape index (κ3) is 9.20. The average molecular weight is 435 g/mol. The van der Waals surface area contributed by atoms with Gasteiger partial charge in [0.2, 0.25) is 0 Å². The zero-order valence-electron chi connectivity index (χ0n) is 19.3. The first-order valence-electron chi connectivity index (χ1n) is 11.2. The molecule has 2 N–H and O–H groups in total. The number of aliphatic imine (C=N–C) groups is 1. The Bertz CT molecular complexity index is 679. The van der Waals surface area contributed by atoms with Gasteiger partial charge in [0, 0.05) is 63.5 Å². The fourth-order valence-corrected chi connectivity index (χ4v) is 3.64. The summed E-state index contributed by atoms with van der Waals surface area (Å²) in [7, 11) is 0. The van der Waals surface area contributed by atoms with Crippen LogP contribution in [-0.2, 0) is 11.3 Å². The molecule has 1 aromatic rings. The number of morpholine rings is 1. The summed E-state index contributed by atoms with van der Waals surface area (Å²) in [6, 6.07) is 7.52. The SMILES string of the molecule is CC(C)N(CCNC(=NCc1ccc([N+](=O)[O-])cc1)NCCN1CCOCC1)C(C)C. The van der Waals surface area contributed by atoms with E-state index < -0.39 is 0 Å². The molecule has 0 spiro atoms. The van der Waals surface area contributed by atoms with Crippen LogP contribution in [0.25, 0.3) is 0 Å². The maximum Gasteiger partial charge on any atom is 0.269 e. The van der Waals surface area contributed by atoms with E-state index in [1.165, 1.54) is 12.1 Å². The Morgan fingerprint density at radius 3 is 2.32 bits per heavy atom. The lowest BCUT2D eigenvalue weighted by Gasteiger charge is -2.30. The Morgan fingerprint density at radius 2 is 1.74 bits per heavy atom. The number of hydrogen-bond acceptors (Lipinski definition) is 6. The van der Waals surface area contributed by atoms with Gasteiger partial charge in [-0.15, -0.1) is 0 Å². The van der Waals surface area contributed by atoms with Gasteiger partial charge in [-0.1, -0.05) is 12.1 Å². The lowest BCUT2D eigenvalue weighted by Crippen LogP contribution is -2.47. The summed E-state index contributed by atoms with van der Waals surface area (Å²) in [5.41, 5.74) is 1.03. The van der Waals surface area contributed by atoms with E-state index in [1.807, 2.05) is 0 Å². The van der Waals surface area contributed by atoms with Gasteiger partial charge in [0.05, 0.1) is 24.7 Å². The monoisotopic (exact) mass is 434 g/mol. The minimum atomic E-state index is -0.386. The van der Waals surface area contributed by atoms with Gasteiger partial charge in [0.25, 0.3) is 5.69 Å². The van der Waals surface area contributed by atoms with Gasteiger partial charge in [0.15, 0.2) is 5.96 Å². The van der Waals surface area contributed by atoms with Crippen LogP contribution in [0.2, 0.25) is 0 Å². The van der Waals surface area contributed by atoms with Crippen LogP contribution < -0.4 is 10.6 Å². The Kier molecular flexibility index (Phi) is 10.7. The van der Waals surface area contributed by atoms with Crippen molar-refractivity contribution >= 4 is 11.6 Å².